The average Bonchev–Trinajstić information content (AvgIpc) is 2.82. The molecule has 0 bridgehead atoms. The van der Waals surface area contributed by atoms with Gasteiger partial charge in [0.05, 0.1) is 22.0 Å². The van der Waals surface area contributed by atoms with Crippen LogP contribution in [-0.2, 0) is 11.3 Å². The van der Waals surface area contributed by atoms with E-state index in [4.69, 9.17) is 16.7 Å². The Bertz CT molecular complexity index is 630. The summed E-state index contributed by atoms with van der Waals surface area (Å²) in [6.45, 7) is 0.915. The van der Waals surface area contributed by atoms with E-state index in [1.807, 2.05) is 18.3 Å². The number of hydrogen-bond acceptors (Lipinski definition) is 2. The minimum Gasteiger partial charge on any atom is -0.481 e. The normalized spacial score (nSPS) is 23.1. The highest BCUT2D eigenvalue weighted by molar-refractivity contribution is 6.31. The first kappa shape index (κ1) is 13.4. The molecule has 0 saturated heterocycles. The average molecular weight is 293 g/mol. The van der Waals surface area contributed by atoms with Crippen molar-refractivity contribution in [1.82, 2.24) is 9.55 Å². The number of nitrogens with zero attached hydrogens (tertiary/aromatic N) is 2. The lowest BCUT2D eigenvalue weighted by molar-refractivity contribution is -0.143. The Kier molecular flexibility index (Phi) is 3.66. The molecule has 20 heavy (non-hydrogen) atoms. The fourth-order valence-electron chi connectivity index (χ4n) is 3.07. The number of halogens is 1. The van der Waals surface area contributed by atoms with Gasteiger partial charge in [0.25, 0.3) is 0 Å². The molecule has 3 rings (SSSR count). The molecule has 0 unspecified atom stereocenters. The summed E-state index contributed by atoms with van der Waals surface area (Å²) in [6, 6.07) is 3.93. The highest BCUT2D eigenvalue weighted by Gasteiger charge is 2.26. The Balaban J connectivity index is 1.71. The Labute approximate surface area is 122 Å². The molecule has 0 spiro atoms. The van der Waals surface area contributed by atoms with Crippen LogP contribution in [0.5, 0.6) is 0 Å². The van der Waals surface area contributed by atoms with Crippen molar-refractivity contribution < 1.29 is 9.90 Å². The summed E-state index contributed by atoms with van der Waals surface area (Å²) in [5.74, 6) is -0.255. The zero-order valence-electron chi connectivity index (χ0n) is 11.1. The zero-order valence-corrected chi connectivity index (χ0v) is 11.9. The summed E-state index contributed by atoms with van der Waals surface area (Å²) in [7, 11) is 0. The number of fused-ring (bicyclic) bond motifs is 1. The van der Waals surface area contributed by atoms with Crippen LogP contribution in [0.3, 0.4) is 0 Å². The van der Waals surface area contributed by atoms with Gasteiger partial charge in [0.1, 0.15) is 0 Å². The van der Waals surface area contributed by atoms with E-state index in [-0.39, 0.29) is 5.92 Å². The van der Waals surface area contributed by atoms with Gasteiger partial charge in [-0.1, -0.05) is 11.6 Å². The van der Waals surface area contributed by atoms with Crippen molar-refractivity contribution in [3.63, 3.8) is 0 Å². The first-order valence-corrected chi connectivity index (χ1v) is 7.34. The van der Waals surface area contributed by atoms with E-state index in [1.54, 1.807) is 6.20 Å². The number of aliphatic carboxylic acids is 1. The molecule has 2 aromatic rings. The van der Waals surface area contributed by atoms with Crippen molar-refractivity contribution in [2.24, 2.45) is 11.8 Å². The van der Waals surface area contributed by atoms with E-state index in [9.17, 15) is 4.79 Å². The number of pyridine rings is 1. The first-order chi connectivity index (χ1) is 9.63. The summed E-state index contributed by atoms with van der Waals surface area (Å²) < 4.78 is 2.18. The van der Waals surface area contributed by atoms with Gasteiger partial charge in [0.15, 0.2) is 0 Å². The zero-order chi connectivity index (χ0) is 14.1. The van der Waals surface area contributed by atoms with Crippen molar-refractivity contribution in [2.75, 3.05) is 0 Å². The third-order valence-electron chi connectivity index (χ3n) is 4.24. The van der Waals surface area contributed by atoms with Gasteiger partial charge < -0.3 is 9.67 Å². The second-order valence-electron chi connectivity index (χ2n) is 5.58. The van der Waals surface area contributed by atoms with Crippen LogP contribution < -0.4 is 0 Å². The summed E-state index contributed by atoms with van der Waals surface area (Å²) in [5, 5.41) is 9.67. The molecule has 0 atom stereocenters. The molecule has 106 valence electrons. The van der Waals surface area contributed by atoms with Crippen LogP contribution in [0.15, 0.2) is 24.5 Å². The fraction of sp³-hybridized carbons (Fsp3) is 0.467. The van der Waals surface area contributed by atoms with Gasteiger partial charge in [0.2, 0.25) is 0 Å². The maximum absolute atomic E-state index is 11.0. The fourth-order valence-corrected chi connectivity index (χ4v) is 3.22. The van der Waals surface area contributed by atoms with Crippen LogP contribution in [0.25, 0.3) is 11.0 Å². The molecule has 4 nitrogen and oxygen atoms in total. The van der Waals surface area contributed by atoms with Crippen molar-refractivity contribution in [3.05, 3.63) is 29.5 Å². The first-order valence-electron chi connectivity index (χ1n) is 6.96. The van der Waals surface area contributed by atoms with E-state index >= 15 is 0 Å². The Hall–Kier alpha value is -1.55. The number of hydrogen-bond donors (Lipinski definition) is 1. The van der Waals surface area contributed by atoms with Crippen LogP contribution >= 0.6 is 11.6 Å². The molecule has 0 aromatic carbocycles. The van der Waals surface area contributed by atoms with Crippen LogP contribution in [-0.4, -0.2) is 20.6 Å². The van der Waals surface area contributed by atoms with E-state index in [1.165, 1.54) is 0 Å². The monoisotopic (exact) mass is 292 g/mol. The lowest BCUT2D eigenvalue weighted by Gasteiger charge is -2.26. The SMILES string of the molecule is O=C(O)[C@H]1CC[C@H](Cn2ccc3ncc(Cl)cc32)CC1. The summed E-state index contributed by atoms with van der Waals surface area (Å²) in [4.78, 5) is 15.3. The maximum atomic E-state index is 11.0. The lowest BCUT2D eigenvalue weighted by Crippen LogP contribution is -2.23. The van der Waals surface area contributed by atoms with Gasteiger partial charge in [-0.25, -0.2) is 0 Å². The van der Waals surface area contributed by atoms with E-state index in [0.717, 1.165) is 43.3 Å². The standard InChI is InChI=1S/C15H17ClN2O2/c16-12-7-14-13(17-8-12)5-6-18(14)9-10-1-3-11(4-2-10)15(19)20/h5-8,10-11H,1-4,9H2,(H,19,20)/t10-,11-. The Morgan fingerprint density at radius 3 is 2.85 bits per heavy atom. The minimum absolute atomic E-state index is 0.149. The topological polar surface area (TPSA) is 55.1 Å². The van der Waals surface area contributed by atoms with Gasteiger partial charge in [-0.3, -0.25) is 9.78 Å². The molecule has 1 fully saturated rings. The van der Waals surface area contributed by atoms with Crippen LogP contribution in [0.1, 0.15) is 25.7 Å². The van der Waals surface area contributed by atoms with Gasteiger partial charge in [-0.05, 0) is 43.7 Å². The Morgan fingerprint density at radius 1 is 1.40 bits per heavy atom. The third kappa shape index (κ3) is 2.66. The summed E-state index contributed by atoms with van der Waals surface area (Å²) in [6.07, 6.45) is 7.23. The highest BCUT2D eigenvalue weighted by atomic mass is 35.5. The predicted octanol–water partition coefficient (Wildman–Crippen LogP) is 3.58. The second kappa shape index (κ2) is 5.44. The van der Waals surface area contributed by atoms with Crippen LogP contribution in [0.2, 0.25) is 5.02 Å². The van der Waals surface area contributed by atoms with E-state index < -0.39 is 5.97 Å². The predicted molar refractivity (Wildman–Crippen MR) is 77.8 cm³/mol. The summed E-state index contributed by atoms with van der Waals surface area (Å²) >= 11 is 6.00. The molecule has 1 aliphatic carbocycles. The molecule has 1 saturated carbocycles. The molecule has 0 aliphatic heterocycles. The molecule has 2 heterocycles. The molecule has 0 amide bonds. The molecule has 2 aromatic heterocycles. The Morgan fingerprint density at radius 2 is 2.15 bits per heavy atom. The van der Waals surface area contributed by atoms with E-state index in [0.29, 0.717) is 10.9 Å². The molecular weight excluding hydrogens is 276 g/mol. The van der Waals surface area contributed by atoms with Crippen molar-refractivity contribution >= 4 is 28.6 Å². The molecular formula is C15H17ClN2O2. The minimum atomic E-state index is -0.647. The van der Waals surface area contributed by atoms with Gasteiger partial charge in [-0.2, -0.15) is 0 Å². The van der Waals surface area contributed by atoms with Crippen molar-refractivity contribution in [3.8, 4) is 0 Å². The number of carboxylic acid groups (broad SMARTS) is 1. The number of carbonyl (C=O) groups is 1. The maximum Gasteiger partial charge on any atom is 0.306 e. The van der Waals surface area contributed by atoms with Crippen molar-refractivity contribution in [2.45, 2.75) is 32.2 Å². The molecule has 1 aliphatic rings. The molecule has 0 radical (unpaired) electrons. The van der Waals surface area contributed by atoms with Gasteiger partial charge in [-0.15, -0.1) is 0 Å². The third-order valence-corrected chi connectivity index (χ3v) is 4.44. The molecule has 5 heteroatoms. The van der Waals surface area contributed by atoms with Gasteiger partial charge in [0, 0.05) is 18.9 Å². The van der Waals surface area contributed by atoms with Crippen molar-refractivity contribution in [1.29, 1.82) is 0 Å². The number of rotatable bonds is 3. The van der Waals surface area contributed by atoms with Crippen LogP contribution in [0, 0.1) is 11.8 Å². The lowest BCUT2D eigenvalue weighted by atomic mass is 9.82. The quantitative estimate of drug-likeness (QED) is 0.941. The van der Waals surface area contributed by atoms with E-state index in [2.05, 4.69) is 9.55 Å². The highest BCUT2D eigenvalue weighted by Crippen LogP contribution is 2.31. The number of carboxylic acids is 1. The molecule has 1 N–H and O–H groups in total. The van der Waals surface area contributed by atoms with Gasteiger partial charge >= 0.3 is 5.97 Å². The summed E-state index contributed by atoms with van der Waals surface area (Å²) in [5.41, 5.74) is 2.01. The van der Waals surface area contributed by atoms with Crippen LogP contribution in [0.4, 0.5) is 0 Å². The smallest absolute Gasteiger partial charge is 0.306 e. The second-order valence-corrected chi connectivity index (χ2v) is 6.02. The largest absolute Gasteiger partial charge is 0.481 e. The number of aromatic nitrogens is 2.